The van der Waals surface area contributed by atoms with Gasteiger partial charge in [0.2, 0.25) is 23.6 Å². The summed E-state index contributed by atoms with van der Waals surface area (Å²) in [6.07, 6.45) is 0. The first-order chi connectivity index (χ1) is 10.2. The summed E-state index contributed by atoms with van der Waals surface area (Å²) >= 11 is 0. The number of carbonyl (C=O) groups excluding carboxylic acids is 4. The van der Waals surface area contributed by atoms with Crippen LogP contribution in [0, 0.1) is 0 Å². The van der Waals surface area contributed by atoms with Gasteiger partial charge >= 0.3 is 5.97 Å². The molecule has 0 aromatic heterocycles. The van der Waals surface area contributed by atoms with Crippen molar-refractivity contribution in [2.45, 2.75) is 13.0 Å². The van der Waals surface area contributed by atoms with Gasteiger partial charge in [-0.15, -0.1) is 0 Å². The molecule has 0 unspecified atom stereocenters. The largest absolute Gasteiger partial charge is 0.480 e. The Labute approximate surface area is 126 Å². The van der Waals surface area contributed by atoms with Gasteiger partial charge in [-0.3, -0.25) is 24.0 Å². The van der Waals surface area contributed by atoms with E-state index >= 15 is 0 Å². The van der Waals surface area contributed by atoms with E-state index in [1.54, 1.807) is 0 Å². The fraction of sp³-hybridized carbons (Fsp3) is 0.545. The topological polar surface area (TPSA) is 180 Å². The lowest BCUT2D eigenvalue weighted by molar-refractivity contribution is -0.137. The molecule has 0 radical (unpaired) electrons. The molecule has 0 aliphatic carbocycles. The maximum absolute atomic E-state index is 11.3. The van der Waals surface area contributed by atoms with E-state index in [0.29, 0.717) is 0 Å². The van der Waals surface area contributed by atoms with E-state index < -0.39 is 48.7 Å². The van der Waals surface area contributed by atoms with Crippen LogP contribution in [-0.4, -0.2) is 66.9 Å². The molecule has 11 nitrogen and oxygen atoms in total. The second-order valence-corrected chi connectivity index (χ2v) is 4.23. The molecule has 0 heterocycles. The van der Waals surface area contributed by atoms with Crippen LogP contribution in [0.3, 0.4) is 0 Å². The van der Waals surface area contributed by atoms with Crippen molar-refractivity contribution in [2.24, 2.45) is 5.73 Å². The van der Waals surface area contributed by atoms with Gasteiger partial charge in [0.25, 0.3) is 0 Å². The van der Waals surface area contributed by atoms with Crippen molar-refractivity contribution in [3.63, 3.8) is 0 Å². The van der Waals surface area contributed by atoms with E-state index in [9.17, 15) is 24.0 Å². The Bertz CT molecular complexity index is 450. The highest BCUT2D eigenvalue weighted by Crippen LogP contribution is 1.75. The molecule has 0 aromatic rings. The molecular weight excluding hydrogens is 298 g/mol. The van der Waals surface area contributed by atoms with Crippen LogP contribution in [0.5, 0.6) is 0 Å². The fourth-order valence-corrected chi connectivity index (χ4v) is 1.05. The van der Waals surface area contributed by atoms with Gasteiger partial charge in [-0.25, -0.2) is 0 Å². The fourth-order valence-electron chi connectivity index (χ4n) is 1.05. The van der Waals surface area contributed by atoms with Gasteiger partial charge in [-0.1, -0.05) is 0 Å². The molecule has 0 saturated heterocycles. The summed E-state index contributed by atoms with van der Waals surface area (Å²) in [4.78, 5) is 55.0. The lowest BCUT2D eigenvalue weighted by Gasteiger charge is -2.09. The van der Waals surface area contributed by atoms with Crippen LogP contribution in [0.4, 0.5) is 0 Å². The molecule has 4 amide bonds. The molecule has 0 aliphatic heterocycles. The molecule has 7 N–H and O–H groups in total. The van der Waals surface area contributed by atoms with Crippen molar-refractivity contribution in [1.29, 1.82) is 0 Å². The molecule has 22 heavy (non-hydrogen) atoms. The van der Waals surface area contributed by atoms with Crippen LogP contribution in [-0.2, 0) is 24.0 Å². The average molecular weight is 317 g/mol. The van der Waals surface area contributed by atoms with Gasteiger partial charge in [-0.05, 0) is 6.92 Å². The molecule has 0 bridgehead atoms. The number of rotatable bonds is 9. The van der Waals surface area contributed by atoms with Crippen LogP contribution in [0.25, 0.3) is 0 Å². The number of nitrogens with one attached hydrogen (secondary N) is 4. The van der Waals surface area contributed by atoms with E-state index in [-0.39, 0.29) is 13.1 Å². The lowest BCUT2D eigenvalue weighted by Crippen LogP contribution is -2.46. The molecule has 0 aromatic carbocycles. The second kappa shape index (κ2) is 10.1. The van der Waals surface area contributed by atoms with Gasteiger partial charge in [0.05, 0.1) is 25.7 Å². The molecule has 11 heteroatoms. The summed E-state index contributed by atoms with van der Waals surface area (Å²) in [5.41, 5.74) is 5.27. The Morgan fingerprint density at radius 2 is 1.18 bits per heavy atom. The monoisotopic (exact) mass is 317 g/mol. The molecular formula is C11H19N5O6. The highest BCUT2D eigenvalue weighted by Gasteiger charge is 2.11. The first-order valence-electron chi connectivity index (χ1n) is 6.27. The molecule has 0 rings (SSSR count). The molecule has 0 saturated carbocycles. The standard InChI is InChI=1S/C11H19N5O6/c1-6(12)11(22)16-4-9(19)14-2-7(17)13-3-8(18)15-5-10(20)21/h6H,2-5,12H2,1H3,(H,13,17)(H,14,19)(H,15,18)(H,16,22)(H,20,21)/t6-/m1/s1. The molecule has 0 aliphatic rings. The third kappa shape index (κ3) is 10.1. The smallest absolute Gasteiger partial charge is 0.322 e. The first kappa shape index (κ1) is 19.3. The zero-order chi connectivity index (χ0) is 17.1. The van der Waals surface area contributed by atoms with Crippen molar-refractivity contribution >= 4 is 29.6 Å². The van der Waals surface area contributed by atoms with Crippen LogP contribution >= 0.6 is 0 Å². The summed E-state index contributed by atoms with van der Waals surface area (Å²) < 4.78 is 0. The van der Waals surface area contributed by atoms with Crippen LogP contribution in [0.2, 0.25) is 0 Å². The van der Waals surface area contributed by atoms with Gasteiger partial charge in [-0.2, -0.15) is 0 Å². The molecule has 0 fully saturated rings. The van der Waals surface area contributed by atoms with Crippen LogP contribution in [0.15, 0.2) is 0 Å². The summed E-state index contributed by atoms with van der Waals surface area (Å²) in [6.45, 7) is -0.226. The summed E-state index contributed by atoms with van der Waals surface area (Å²) in [6, 6.07) is -0.750. The maximum Gasteiger partial charge on any atom is 0.322 e. The summed E-state index contributed by atoms with van der Waals surface area (Å²) in [5.74, 6) is -3.63. The number of aliphatic carboxylic acids is 1. The number of carboxylic acid groups (broad SMARTS) is 1. The minimum atomic E-state index is -1.21. The Kier molecular flexibility index (Phi) is 8.86. The quantitative estimate of drug-likeness (QED) is 0.250. The van der Waals surface area contributed by atoms with Crippen molar-refractivity contribution in [1.82, 2.24) is 21.3 Å². The Balaban J connectivity index is 3.80. The predicted octanol–water partition coefficient (Wildman–Crippen LogP) is -4.12. The Morgan fingerprint density at radius 1 is 0.818 bits per heavy atom. The van der Waals surface area contributed by atoms with E-state index in [1.165, 1.54) is 6.92 Å². The number of hydrogen-bond acceptors (Lipinski definition) is 6. The first-order valence-corrected chi connectivity index (χ1v) is 6.27. The second-order valence-electron chi connectivity index (χ2n) is 4.23. The van der Waals surface area contributed by atoms with E-state index in [0.717, 1.165) is 0 Å². The van der Waals surface area contributed by atoms with E-state index in [2.05, 4.69) is 16.0 Å². The van der Waals surface area contributed by atoms with Crippen molar-refractivity contribution in [3.8, 4) is 0 Å². The minimum Gasteiger partial charge on any atom is -0.480 e. The van der Waals surface area contributed by atoms with Gasteiger partial charge in [0.15, 0.2) is 0 Å². The highest BCUT2D eigenvalue weighted by atomic mass is 16.4. The van der Waals surface area contributed by atoms with Gasteiger partial charge in [0, 0.05) is 0 Å². The summed E-state index contributed by atoms with van der Waals surface area (Å²) in [7, 11) is 0. The maximum atomic E-state index is 11.3. The normalized spacial score (nSPS) is 11.0. The van der Waals surface area contributed by atoms with Crippen molar-refractivity contribution in [3.05, 3.63) is 0 Å². The number of hydrogen-bond donors (Lipinski definition) is 6. The Morgan fingerprint density at radius 3 is 1.55 bits per heavy atom. The average Bonchev–Trinajstić information content (AvgIpc) is 2.45. The Hall–Kier alpha value is -2.69. The molecule has 1 atom stereocenters. The molecule has 124 valence electrons. The minimum absolute atomic E-state index is 0.327. The summed E-state index contributed by atoms with van der Waals surface area (Å²) in [5, 5.41) is 17.0. The zero-order valence-corrected chi connectivity index (χ0v) is 12.0. The number of nitrogens with two attached hydrogens (primary N) is 1. The molecule has 0 spiro atoms. The van der Waals surface area contributed by atoms with Crippen molar-refractivity contribution < 1.29 is 29.1 Å². The SMILES string of the molecule is C[C@@H](N)C(=O)NCC(=O)NCC(=O)NCC(=O)NCC(=O)O. The van der Waals surface area contributed by atoms with E-state index in [1.807, 2.05) is 5.32 Å². The lowest BCUT2D eigenvalue weighted by atomic mass is 10.3. The highest BCUT2D eigenvalue weighted by molar-refractivity contribution is 5.91. The predicted molar refractivity (Wildman–Crippen MR) is 73.3 cm³/mol. The van der Waals surface area contributed by atoms with Crippen LogP contribution < -0.4 is 27.0 Å². The third-order valence-electron chi connectivity index (χ3n) is 2.17. The van der Waals surface area contributed by atoms with Gasteiger partial charge < -0.3 is 32.1 Å². The van der Waals surface area contributed by atoms with Crippen LogP contribution in [0.1, 0.15) is 6.92 Å². The van der Waals surface area contributed by atoms with E-state index in [4.69, 9.17) is 10.8 Å². The van der Waals surface area contributed by atoms with Crippen molar-refractivity contribution in [2.75, 3.05) is 26.2 Å². The van der Waals surface area contributed by atoms with Gasteiger partial charge in [0.1, 0.15) is 6.54 Å². The number of carbonyl (C=O) groups is 5. The number of carboxylic acids is 1. The number of amides is 4. The zero-order valence-electron chi connectivity index (χ0n) is 12.0. The third-order valence-corrected chi connectivity index (χ3v) is 2.17.